The molecule has 1 aromatic carbocycles. The van der Waals surface area contributed by atoms with Crippen LogP contribution in [0.5, 0.6) is 5.88 Å². The van der Waals surface area contributed by atoms with E-state index in [-0.39, 0.29) is 5.54 Å². The third kappa shape index (κ3) is 3.18. The Kier molecular flexibility index (Phi) is 4.27. The Morgan fingerprint density at radius 3 is 2.63 bits per heavy atom. The third-order valence-electron chi connectivity index (χ3n) is 3.04. The number of alkyl halides is 1. The second-order valence-corrected chi connectivity index (χ2v) is 4.81. The second kappa shape index (κ2) is 5.93. The SMILES string of the molecule is COc1cc(NC(C)(CCl)c2ccccc2)ccn1. The Morgan fingerprint density at radius 2 is 2.00 bits per heavy atom. The first kappa shape index (κ1) is 13.7. The van der Waals surface area contributed by atoms with Gasteiger partial charge in [-0.15, -0.1) is 11.6 Å². The van der Waals surface area contributed by atoms with Crippen molar-refractivity contribution in [3.63, 3.8) is 0 Å². The Balaban J connectivity index is 2.27. The summed E-state index contributed by atoms with van der Waals surface area (Å²) in [6.45, 7) is 2.07. The Labute approximate surface area is 118 Å². The van der Waals surface area contributed by atoms with Gasteiger partial charge in [0.05, 0.1) is 12.6 Å². The quantitative estimate of drug-likeness (QED) is 0.847. The predicted octanol–water partition coefficient (Wildman–Crippen LogP) is 3.66. The molecule has 100 valence electrons. The third-order valence-corrected chi connectivity index (χ3v) is 3.58. The van der Waals surface area contributed by atoms with Crippen LogP contribution < -0.4 is 10.1 Å². The van der Waals surface area contributed by atoms with E-state index in [2.05, 4.69) is 29.4 Å². The number of hydrogen-bond acceptors (Lipinski definition) is 3. The fraction of sp³-hybridized carbons (Fsp3) is 0.267. The molecule has 3 nitrogen and oxygen atoms in total. The van der Waals surface area contributed by atoms with Gasteiger partial charge >= 0.3 is 0 Å². The average Bonchev–Trinajstić information content (AvgIpc) is 2.48. The molecule has 4 heteroatoms. The van der Waals surface area contributed by atoms with Crippen LogP contribution in [0.2, 0.25) is 0 Å². The molecule has 1 aromatic heterocycles. The minimum atomic E-state index is -0.338. The van der Waals surface area contributed by atoms with Crippen molar-refractivity contribution in [1.82, 2.24) is 4.98 Å². The summed E-state index contributed by atoms with van der Waals surface area (Å²) >= 11 is 6.16. The molecule has 0 aliphatic carbocycles. The number of halogens is 1. The number of rotatable bonds is 5. The van der Waals surface area contributed by atoms with Crippen LogP contribution in [-0.4, -0.2) is 18.0 Å². The highest BCUT2D eigenvalue weighted by Crippen LogP contribution is 2.28. The van der Waals surface area contributed by atoms with Crippen molar-refractivity contribution in [2.45, 2.75) is 12.5 Å². The molecule has 0 aliphatic heterocycles. The summed E-state index contributed by atoms with van der Waals surface area (Å²) in [7, 11) is 1.60. The lowest BCUT2D eigenvalue weighted by molar-refractivity contribution is 0.398. The number of benzene rings is 1. The normalized spacial score (nSPS) is 13.6. The molecule has 2 aromatic rings. The van der Waals surface area contributed by atoms with Gasteiger partial charge in [-0.05, 0) is 18.6 Å². The first-order chi connectivity index (χ1) is 9.18. The number of anilines is 1. The molecule has 0 saturated heterocycles. The molecule has 0 saturated carbocycles. The monoisotopic (exact) mass is 276 g/mol. The maximum absolute atomic E-state index is 6.16. The fourth-order valence-corrected chi connectivity index (χ4v) is 2.13. The van der Waals surface area contributed by atoms with E-state index in [1.165, 1.54) is 0 Å². The van der Waals surface area contributed by atoms with Crippen LogP contribution in [0.1, 0.15) is 12.5 Å². The fourth-order valence-electron chi connectivity index (χ4n) is 1.91. The van der Waals surface area contributed by atoms with Crippen LogP contribution in [0.3, 0.4) is 0 Å². The lowest BCUT2D eigenvalue weighted by Gasteiger charge is -2.30. The molecule has 0 fully saturated rings. The van der Waals surface area contributed by atoms with Gasteiger partial charge in [0.25, 0.3) is 0 Å². The number of nitrogens with one attached hydrogen (secondary N) is 1. The summed E-state index contributed by atoms with van der Waals surface area (Å²) in [5.74, 6) is 1.04. The zero-order valence-electron chi connectivity index (χ0n) is 11.1. The van der Waals surface area contributed by atoms with E-state index in [4.69, 9.17) is 16.3 Å². The number of aromatic nitrogens is 1. The van der Waals surface area contributed by atoms with Gasteiger partial charge in [0.15, 0.2) is 0 Å². The van der Waals surface area contributed by atoms with Gasteiger partial charge in [0.2, 0.25) is 5.88 Å². The second-order valence-electron chi connectivity index (χ2n) is 4.54. The first-order valence-electron chi connectivity index (χ1n) is 6.08. The van der Waals surface area contributed by atoms with Crippen molar-refractivity contribution in [3.8, 4) is 5.88 Å². The van der Waals surface area contributed by atoms with Crippen LogP contribution in [0.15, 0.2) is 48.7 Å². The molecule has 1 unspecified atom stereocenters. The summed E-state index contributed by atoms with van der Waals surface area (Å²) < 4.78 is 5.12. The summed E-state index contributed by atoms with van der Waals surface area (Å²) in [6.07, 6.45) is 1.71. The molecular weight excluding hydrogens is 260 g/mol. The van der Waals surface area contributed by atoms with Crippen molar-refractivity contribution in [3.05, 3.63) is 54.2 Å². The number of methoxy groups -OCH3 is 1. The maximum atomic E-state index is 6.16. The van der Waals surface area contributed by atoms with Crippen LogP contribution in [-0.2, 0) is 5.54 Å². The molecule has 0 radical (unpaired) electrons. The molecule has 0 aliphatic rings. The first-order valence-corrected chi connectivity index (χ1v) is 6.61. The van der Waals surface area contributed by atoms with Crippen LogP contribution >= 0.6 is 11.6 Å². The topological polar surface area (TPSA) is 34.1 Å². The average molecular weight is 277 g/mol. The van der Waals surface area contributed by atoms with Gasteiger partial charge < -0.3 is 10.1 Å². The smallest absolute Gasteiger partial charge is 0.214 e. The van der Waals surface area contributed by atoms with Crippen LogP contribution in [0.4, 0.5) is 5.69 Å². The number of pyridine rings is 1. The maximum Gasteiger partial charge on any atom is 0.214 e. The molecule has 1 heterocycles. The molecular formula is C15H17ClN2O. The van der Waals surface area contributed by atoms with E-state index in [9.17, 15) is 0 Å². The lowest BCUT2D eigenvalue weighted by Crippen LogP contribution is -2.33. The number of ether oxygens (including phenoxy) is 1. The summed E-state index contributed by atoms with van der Waals surface area (Å²) in [6, 6.07) is 13.9. The Morgan fingerprint density at radius 1 is 1.26 bits per heavy atom. The molecule has 0 amide bonds. The lowest BCUT2D eigenvalue weighted by atomic mass is 9.94. The Bertz CT molecular complexity index is 533. The van der Waals surface area contributed by atoms with E-state index in [1.807, 2.05) is 30.3 Å². The van der Waals surface area contributed by atoms with Crippen molar-refractivity contribution < 1.29 is 4.74 Å². The number of nitrogens with zero attached hydrogens (tertiary/aromatic N) is 1. The molecule has 0 spiro atoms. The Hall–Kier alpha value is -1.74. The van der Waals surface area contributed by atoms with Crippen molar-refractivity contribution >= 4 is 17.3 Å². The molecule has 2 rings (SSSR count). The van der Waals surface area contributed by atoms with E-state index >= 15 is 0 Å². The minimum absolute atomic E-state index is 0.338. The molecule has 0 bridgehead atoms. The largest absolute Gasteiger partial charge is 0.481 e. The van der Waals surface area contributed by atoms with Gasteiger partial charge in [-0.1, -0.05) is 30.3 Å². The van der Waals surface area contributed by atoms with Gasteiger partial charge in [0, 0.05) is 23.8 Å². The van der Waals surface area contributed by atoms with Gasteiger partial charge in [-0.2, -0.15) is 0 Å². The van der Waals surface area contributed by atoms with Gasteiger partial charge in [-0.3, -0.25) is 0 Å². The summed E-state index contributed by atoms with van der Waals surface area (Å²) in [5, 5.41) is 3.44. The van der Waals surface area contributed by atoms with Crippen molar-refractivity contribution in [1.29, 1.82) is 0 Å². The molecule has 1 N–H and O–H groups in total. The zero-order chi connectivity index (χ0) is 13.7. The van der Waals surface area contributed by atoms with Crippen molar-refractivity contribution in [2.24, 2.45) is 0 Å². The van der Waals surface area contributed by atoms with Crippen LogP contribution in [0, 0.1) is 0 Å². The summed E-state index contributed by atoms with van der Waals surface area (Å²) in [4.78, 5) is 4.09. The highest BCUT2D eigenvalue weighted by molar-refractivity contribution is 6.18. The van der Waals surface area contributed by atoms with Gasteiger partial charge in [0.1, 0.15) is 0 Å². The van der Waals surface area contributed by atoms with Crippen molar-refractivity contribution in [2.75, 3.05) is 18.3 Å². The van der Waals surface area contributed by atoms with E-state index in [0.29, 0.717) is 11.8 Å². The highest BCUT2D eigenvalue weighted by atomic mass is 35.5. The number of hydrogen-bond donors (Lipinski definition) is 1. The predicted molar refractivity (Wildman–Crippen MR) is 78.9 cm³/mol. The van der Waals surface area contributed by atoms with Gasteiger partial charge in [-0.25, -0.2) is 4.98 Å². The van der Waals surface area contributed by atoms with Crippen LogP contribution in [0.25, 0.3) is 0 Å². The highest BCUT2D eigenvalue weighted by Gasteiger charge is 2.25. The van der Waals surface area contributed by atoms with E-state index in [1.54, 1.807) is 13.3 Å². The molecule has 19 heavy (non-hydrogen) atoms. The standard InChI is InChI=1S/C15H17ClN2O/c1-15(11-16,12-6-4-3-5-7-12)18-13-8-9-17-14(10-13)19-2/h3-10H,11H2,1-2H3,(H,17,18). The van der Waals surface area contributed by atoms with E-state index < -0.39 is 0 Å². The minimum Gasteiger partial charge on any atom is -0.481 e. The summed E-state index contributed by atoms with van der Waals surface area (Å²) in [5.41, 5.74) is 1.73. The molecule has 1 atom stereocenters. The zero-order valence-corrected chi connectivity index (χ0v) is 11.8. The van der Waals surface area contributed by atoms with E-state index in [0.717, 1.165) is 11.3 Å².